The minimum absolute atomic E-state index is 0.748. The Morgan fingerprint density at radius 2 is 0.860 bits per heavy atom. The summed E-state index contributed by atoms with van der Waals surface area (Å²) in [5.74, 6) is 0.748. The predicted octanol–water partition coefficient (Wildman–Crippen LogP) is 11.3. The fourth-order valence-electron chi connectivity index (χ4n) is 6.45. The molecule has 2 aromatic heterocycles. The average molecular weight is 565 g/mol. The van der Waals surface area contributed by atoms with Crippen LogP contribution < -0.4 is 0 Å². The molecular formula is C40H24N2S. The van der Waals surface area contributed by atoms with E-state index in [0.29, 0.717) is 0 Å². The van der Waals surface area contributed by atoms with Crippen LogP contribution in [-0.4, -0.2) is 9.97 Å². The van der Waals surface area contributed by atoms with Gasteiger partial charge < -0.3 is 0 Å². The Bertz CT molecular complexity index is 2440. The summed E-state index contributed by atoms with van der Waals surface area (Å²) in [6.07, 6.45) is 0. The quantitative estimate of drug-likeness (QED) is 0.199. The summed E-state index contributed by atoms with van der Waals surface area (Å²) in [5, 5.41) is 10.3. The molecule has 43 heavy (non-hydrogen) atoms. The van der Waals surface area contributed by atoms with E-state index in [-0.39, 0.29) is 0 Å². The zero-order valence-electron chi connectivity index (χ0n) is 23.2. The fraction of sp³-hybridized carbons (Fsp3) is 0. The Morgan fingerprint density at radius 3 is 1.44 bits per heavy atom. The second kappa shape index (κ2) is 9.59. The highest BCUT2D eigenvalue weighted by Crippen LogP contribution is 2.44. The Kier molecular flexibility index (Phi) is 5.40. The topological polar surface area (TPSA) is 25.8 Å². The molecule has 9 rings (SSSR count). The van der Waals surface area contributed by atoms with E-state index < -0.39 is 0 Å². The van der Waals surface area contributed by atoms with E-state index in [9.17, 15) is 0 Å². The standard InChI is InChI=1S/C40H24N2S/c1-3-12-25(13-4-1)36-24-37(26-14-5-2-6-15-26)42-40(41-36)32-21-11-20-31-35-22-33-29-18-9-7-16-27(29)28-17-8-10-19-30(28)34(33)23-38(35)43-39(31)32/h1-24H. The summed E-state index contributed by atoms with van der Waals surface area (Å²) in [4.78, 5) is 10.3. The van der Waals surface area contributed by atoms with Gasteiger partial charge in [0.05, 0.1) is 11.4 Å². The molecule has 0 N–H and O–H groups in total. The molecule has 0 fully saturated rings. The van der Waals surface area contributed by atoms with Gasteiger partial charge in [0, 0.05) is 36.9 Å². The Labute approximate surface area is 252 Å². The SMILES string of the molecule is c1ccc(-c2cc(-c3ccccc3)nc(-c3cccc4c3sc3cc5c6ccccc6c6ccccc6c5cc34)n2)cc1. The second-order valence-electron chi connectivity index (χ2n) is 11.0. The Hall–Kier alpha value is -5.38. The van der Waals surface area contributed by atoms with E-state index in [1.54, 1.807) is 0 Å². The number of fused-ring (bicyclic) bond motifs is 9. The first-order valence-corrected chi connectivity index (χ1v) is 15.3. The molecule has 200 valence electrons. The van der Waals surface area contributed by atoms with Crippen molar-refractivity contribution in [3.63, 3.8) is 0 Å². The van der Waals surface area contributed by atoms with Gasteiger partial charge in [0.2, 0.25) is 0 Å². The van der Waals surface area contributed by atoms with E-state index in [2.05, 4.69) is 133 Å². The van der Waals surface area contributed by atoms with E-state index in [1.165, 1.54) is 52.5 Å². The van der Waals surface area contributed by atoms with Gasteiger partial charge >= 0.3 is 0 Å². The van der Waals surface area contributed by atoms with Crippen LogP contribution in [-0.2, 0) is 0 Å². The number of rotatable bonds is 3. The molecule has 0 saturated heterocycles. The minimum Gasteiger partial charge on any atom is -0.228 e. The molecule has 0 atom stereocenters. The molecule has 0 aliphatic heterocycles. The van der Waals surface area contributed by atoms with Crippen LogP contribution in [0.2, 0.25) is 0 Å². The Balaban J connectivity index is 1.34. The average Bonchev–Trinajstić information content (AvgIpc) is 3.46. The van der Waals surface area contributed by atoms with Gasteiger partial charge in [0.25, 0.3) is 0 Å². The van der Waals surface area contributed by atoms with Crippen molar-refractivity contribution in [2.24, 2.45) is 0 Å². The first kappa shape index (κ1) is 24.2. The molecule has 0 aliphatic rings. The fourth-order valence-corrected chi connectivity index (χ4v) is 7.69. The second-order valence-corrected chi connectivity index (χ2v) is 12.0. The first-order chi connectivity index (χ1) is 21.3. The van der Waals surface area contributed by atoms with Crippen molar-refractivity contribution in [2.75, 3.05) is 0 Å². The monoisotopic (exact) mass is 564 g/mol. The lowest BCUT2D eigenvalue weighted by Crippen LogP contribution is -1.96. The number of thiophene rings is 1. The molecule has 0 unspecified atom stereocenters. The lowest BCUT2D eigenvalue weighted by atomic mass is 9.93. The van der Waals surface area contributed by atoms with Crippen molar-refractivity contribution in [3.05, 3.63) is 146 Å². The predicted molar refractivity (Wildman–Crippen MR) is 184 cm³/mol. The zero-order chi connectivity index (χ0) is 28.3. The van der Waals surface area contributed by atoms with E-state index in [0.717, 1.165) is 33.9 Å². The van der Waals surface area contributed by atoms with Gasteiger partial charge in [-0.1, -0.05) is 121 Å². The van der Waals surface area contributed by atoms with Gasteiger partial charge in [0.1, 0.15) is 0 Å². The van der Waals surface area contributed by atoms with Gasteiger partial charge in [0.15, 0.2) is 5.82 Å². The summed E-state index contributed by atoms with van der Waals surface area (Å²) >= 11 is 1.84. The van der Waals surface area contributed by atoms with Crippen molar-refractivity contribution in [2.45, 2.75) is 0 Å². The molecule has 0 spiro atoms. The van der Waals surface area contributed by atoms with Crippen molar-refractivity contribution in [3.8, 4) is 33.9 Å². The highest BCUT2D eigenvalue weighted by atomic mass is 32.1. The molecule has 0 saturated carbocycles. The largest absolute Gasteiger partial charge is 0.228 e. The molecular weight excluding hydrogens is 541 g/mol. The third kappa shape index (κ3) is 3.86. The molecule has 2 heterocycles. The van der Waals surface area contributed by atoms with Gasteiger partial charge in [-0.05, 0) is 56.6 Å². The number of benzene rings is 7. The zero-order valence-corrected chi connectivity index (χ0v) is 24.0. The van der Waals surface area contributed by atoms with Crippen molar-refractivity contribution in [1.29, 1.82) is 0 Å². The third-order valence-electron chi connectivity index (χ3n) is 8.47. The molecule has 0 bridgehead atoms. The number of hydrogen-bond donors (Lipinski definition) is 0. The smallest absolute Gasteiger partial charge is 0.161 e. The van der Waals surface area contributed by atoms with Crippen LogP contribution in [0, 0.1) is 0 Å². The van der Waals surface area contributed by atoms with Crippen molar-refractivity contribution >= 4 is 63.8 Å². The molecule has 2 nitrogen and oxygen atoms in total. The van der Waals surface area contributed by atoms with E-state index in [4.69, 9.17) is 9.97 Å². The molecule has 9 aromatic rings. The third-order valence-corrected chi connectivity index (χ3v) is 9.67. The molecule has 0 radical (unpaired) electrons. The maximum absolute atomic E-state index is 5.15. The highest BCUT2D eigenvalue weighted by Gasteiger charge is 2.17. The van der Waals surface area contributed by atoms with Crippen LogP contribution >= 0.6 is 11.3 Å². The normalized spacial score (nSPS) is 11.7. The maximum atomic E-state index is 5.15. The molecule has 3 heteroatoms. The van der Waals surface area contributed by atoms with Crippen molar-refractivity contribution < 1.29 is 0 Å². The summed E-state index contributed by atoms with van der Waals surface area (Å²) in [6, 6.07) is 51.8. The number of hydrogen-bond acceptors (Lipinski definition) is 3. The molecule has 7 aromatic carbocycles. The van der Waals surface area contributed by atoms with Crippen molar-refractivity contribution in [1.82, 2.24) is 9.97 Å². The Morgan fingerprint density at radius 1 is 0.372 bits per heavy atom. The van der Waals surface area contributed by atoms with E-state index in [1.807, 2.05) is 23.5 Å². The van der Waals surface area contributed by atoms with Crippen LogP contribution in [0.15, 0.2) is 146 Å². The van der Waals surface area contributed by atoms with Gasteiger partial charge in [-0.3, -0.25) is 0 Å². The van der Waals surface area contributed by atoms with Gasteiger partial charge in [-0.2, -0.15) is 0 Å². The minimum atomic E-state index is 0.748. The van der Waals surface area contributed by atoms with E-state index >= 15 is 0 Å². The van der Waals surface area contributed by atoms with Crippen LogP contribution in [0.25, 0.3) is 86.4 Å². The van der Waals surface area contributed by atoms with Crippen LogP contribution in [0.1, 0.15) is 0 Å². The highest BCUT2D eigenvalue weighted by molar-refractivity contribution is 7.26. The number of aromatic nitrogens is 2. The summed E-state index contributed by atoms with van der Waals surface area (Å²) in [7, 11) is 0. The summed E-state index contributed by atoms with van der Waals surface area (Å²) in [6.45, 7) is 0. The summed E-state index contributed by atoms with van der Waals surface area (Å²) in [5.41, 5.74) is 5.07. The first-order valence-electron chi connectivity index (χ1n) is 14.5. The number of nitrogens with zero attached hydrogens (tertiary/aromatic N) is 2. The lowest BCUT2D eigenvalue weighted by molar-refractivity contribution is 1.19. The van der Waals surface area contributed by atoms with Gasteiger partial charge in [-0.25, -0.2) is 9.97 Å². The molecule has 0 aliphatic carbocycles. The lowest BCUT2D eigenvalue weighted by Gasteiger charge is -2.10. The van der Waals surface area contributed by atoms with Crippen LogP contribution in [0.4, 0.5) is 0 Å². The van der Waals surface area contributed by atoms with Crippen LogP contribution in [0.3, 0.4) is 0 Å². The van der Waals surface area contributed by atoms with Crippen LogP contribution in [0.5, 0.6) is 0 Å². The maximum Gasteiger partial charge on any atom is 0.161 e. The summed E-state index contributed by atoms with van der Waals surface area (Å²) < 4.78 is 2.49. The van der Waals surface area contributed by atoms with Gasteiger partial charge in [-0.15, -0.1) is 11.3 Å². The molecule has 0 amide bonds.